The predicted molar refractivity (Wildman–Crippen MR) is 68.5 cm³/mol. The fraction of sp³-hybridized carbons (Fsp3) is 0.571. The van der Waals surface area contributed by atoms with E-state index in [1.807, 2.05) is 0 Å². The molecule has 3 atom stereocenters. The maximum Gasteiger partial charge on any atom is 0.416 e. The van der Waals surface area contributed by atoms with E-state index in [9.17, 15) is 23.5 Å². The molecule has 3 nitrogen and oxygen atoms in total. The molecule has 0 spiro atoms. The molecule has 20 heavy (non-hydrogen) atoms. The lowest BCUT2D eigenvalue weighted by Gasteiger charge is -2.55. The molecule has 1 aliphatic rings. The second-order valence-electron chi connectivity index (χ2n) is 5.73. The van der Waals surface area contributed by atoms with Crippen molar-refractivity contribution < 1.29 is 22.9 Å². The number of quaternary nitrogens is 1. The van der Waals surface area contributed by atoms with Crippen LogP contribution in [0.5, 0.6) is 0 Å². The molecular weight excluding hydrogens is 271 g/mol. The van der Waals surface area contributed by atoms with Crippen molar-refractivity contribution in [2.75, 3.05) is 13.6 Å². The minimum absolute atomic E-state index is 0.310. The van der Waals surface area contributed by atoms with Crippen LogP contribution in [-0.4, -0.2) is 29.1 Å². The lowest BCUT2D eigenvalue weighted by atomic mass is 9.81. The van der Waals surface area contributed by atoms with Crippen molar-refractivity contribution in [2.45, 2.75) is 37.6 Å². The van der Waals surface area contributed by atoms with Crippen molar-refractivity contribution in [1.29, 1.82) is 0 Å². The van der Waals surface area contributed by atoms with Gasteiger partial charge in [0.1, 0.15) is 0 Å². The zero-order valence-electron chi connectivity index (χ0n) is 11.4. The van der Waals surface area contributed by atoms with Crippen LogP contribution in [0.15, 0.2) is 24.3 Å². The third-order valence-corrected chi connectivity index (χ3v) is 4.34. The molecular formula is C14H18F3NO2. The molecule has 1 aromatic carbocycles. The number of halogens is 3. The summed E-state index contributed by atoms with van der Waals surface area (Å²) in [5, 5.41) is 22.8. The molecule has 0 aromatic heterocycles. The van der Waals surface area contributed by atoms with E-state index in [4.69, 9.17) is 0 Å². The molecule has 1 N–H and O–H groups in total. The van der Waals surface area contributed by atoms with Crippen LogP contribution < -0.4 is 0 Å². The number of aliphatic hydroxyl groups is 1. The first-order valence-electron chi connectivity index (χ1n) is 6.52. The van der Waals surface area contributed by atoms with E-state index in [1.54, 1.807) is 0 Å². The van der Waals surface area contributed by atoms with E-state index in [-0.39, 0.29) is 0 Å². The number of likely N-dealkylation sites (tertiary alicyclic amines) is 1. The Morgan fingerprint density at radius 2 is 1.85 bits per heavy atom. The molecule has 0 bridgehead atoms. The second-order valence-corrected chi connectivity index (χ2v) is 5.73. The maximum absolute atomic E-state index is 12.5. The molecule has 1 fully saturated rings. The first kappa shape index (κ1) is 15.3. The van der Waals surface area contributed by atoms with Gasteiger partial charge in [0.15, 0.2) is 0 Å². The number of benzene rings is 1. The van der Waals surface area contributed by atoms with Gasteiger partial charge < -0.3 is 15.0 Å². The lowest BCUT2D eigenvalue weighted by Crippen LogP contribution is -2.62. The molecule has 1 heterocycles. The quantitative estimate of drug-likeness (QED) is 0.637. The van der Waals surface area contributed by atoms with Gasteiger partial charge in [-0.3, -0.25) is 0 Å². The average molecular weight is 289 g/mol. The summed E-state index contributed by atoms with van der Waals surface area (Å²) in [5.74, 6) is -0.457. The van der Waals surface area contributed by atoms with Crippen LogP contribution in [0.2, 0.25) is 0 Å². The van der Waals surface area contributed by atoms with E-state index < -0.39 is 28.0 Å². The average Bonchev–Trinajstić information content (AvgIpc) is 2.32. The summed E-state index contributed by atoms with van der Waals surface area (Å²) in [6.45, 7) is 1.77. The van der Waals surface area contributed by atoms with Gasteiger partial charge in [-0.25, -0.2) is 0 Å². The molecule has 6 heteroatoms. The molecule has 112 valence electrons. The number of rotatable bonds is 1. The molecule has 1 aromatic rings. The highest BCUT2D eigenvalue weighted by molar-refractivity contribution is 5.28. The fourth-order valence-corrected chi connectivity index (χ4v) is 2.81. The van der Waals surface area contributed by atoms with Gasteiger partial charge in [0, 0.05) is 6.92 Å². The Morgan fingerprint density at radius 3 is 2.35 bits per heavy atom. The van der Waals surface area contributed by atoms with Gasteiger partial charge in [-0.1, -0.05) is 12.1 Å². The summed E-state index contributed by atoms with van der Waals surface area (Å²) in [6.07, 6.45) is -3.15. The number of hydrogen-bond acceptors (Lipinski definition) is 2. The topological polar surface area (TPSA) is 43.3 Å². The van der Waals surface area contributed by atoms with Crippen LogP contribution in [0.25, 0.3) is 0 Å². The Kier molecular flexibility index (Phi) is 3.60. The van der Waals surface area contributed by atoms with Crippen molar-refractivity contribution in [3.63, 3.8) is 0 Å². The Morgan fingerprint density at radius 1 is 1.30 bits per heavy atom. The van der Waals surface area contributed by atoms with Crippen molar-refractivity contribution in [3.8, 4) is 0 Å². The van der Waals surface area contributed by atoms with E-state index in [0.717, 1.165) is 12.1 Å². The second kappa shape index (κ2) is 4.72. The van der Waals surface area contributed by atoms with Gasteiger partial charge in [0.05, 0.1) is 25.1 Å². The van der Waals surface area contributed by atoms with Gasteiger partial charge in [-0.2, -0.15) is 13.2 Å². The van der Waals surface area contributed by atoms with E-state index in [1.165, 1.54) is 26.1 Å². The van der Waals surface area contributed by atoms with Crippen LogP contribution in [0.1, 0.15) is 36.8 Å². The first-order valence-corrected chi connectivity index (χ1v) is 6.52. The molecule has 3 unspecified atom stereocenters. The number of likely N-dealkylation sites (N-methyl/N-ethyl adjacent to an activating group) is 1. The molecule has 0 saturated carbocycles. The highest BCUT2D eigenvalue weighted by Gasteiger charge is 2.47. The lowest BCUT2D eigenvalue weighted by molar-refractivity contribution is -0.946. The normalized spacial score (nSPS) is 35.0. The van der Waals surface area contributed by atoms with Gasteiger partial charge in [-0.15, -0.1) is 0 Å². The molecule has 1 saturated heterocycles. The van der Waals surface area contributed by atoms with Crippen LogP contribution in [0.4, 0.5) is 13.2 Å². The Balaban J connectivity index is 2.32. The summed E-state index contributed by atoms with van der Waals surface area (Å²) < 4.78 is 36.8. The molecule has 0 aliphatic carbocycles. The number of nitrogens with zero attached hydrogens (tertiary/aromatic N) is 1. The monoisotopic (exact) mass is 289 g/mol. The minimum atomic E-state index is -4.38. The van der Waals surface area contributed by atoms with Gasteiger partial charge in [0.2, 0.25) is 5.72 Å². The van der Waals surface area contributed by atoms with E-state index >= 15 is 0 Å². The third-order valence-electron chi connectivity index (χ3n) is 4.34. The van der Waals surface area contributed by atoms with E-state index in [2.05, 4.69) is 0 Å². The summed E-state index contributed by atoms with van der Waals surface area (Å²) in [4.78, 5) is 0. The summed E-state index contributed by atoms with van der Waals surface area (Å²) in [7, 11) is 1.40. The number of hydroxylamine groups is 3. The standard InChI is InChI=1S/C14H18F3NO2/c1-13(19)12(4-3-9-18(13,2)20)10-5-7-11(8-6-10)14(15,16)17/h5-8,12,19H,3-4,9H2,1-2H3. The molecule has 1 aliphatic heterocycles. The first-order chi connectivity index (χ1) is 9.06. The number of hydrogen-bond donors (Lipinski definition) is 1. The molecule has 0 amide bonds. The Labute approximate surface area is 115 Å². The van der Waals surface area contributed by atoms with Crippen molar-refractivity contribution in [2.24, 2.45) is 0 Å². The Hall–Kier alpha value is -1.11. The number of alkyl halides is 3. The number of piperidine rings is 1. The highest BCUT2D eigenvalue weighted by Crippen LogP contribution is 2.42. The SMILES string of the molecule is CC1(O)C(c2ccc(C(F)(F)F)cc2)CCC[N+]1(C)[O-]. The molecule has 0 radical (unpaired) electrons. The smallest absolute Gasteiger partial charge is 0.416 e. The van der Waals surface area contributed by atoms with Crippen molar-refractivity contribution in [3.05, 3.63) is 40.6 Å². The van der Waals surface area contributed by atoms with Crippen LogP contribution in [0, 0.1) is 5.21 Å². The third kappa shape index (κ3) is 2.55. The summed E-state index contributed by atoms with van der Waals surface area (Å²) in [5.41, 5.74) is -1.68. The highest BCUT2D eigenvalue weighted by atomic mass is 19.4. The van der Waals surface area contributed by atoms with Crippen molar-refractivity contribution in [1.82, 2.24) is 0 Å². The van der Waals surface area contributed by atoms with Crippen molar-refractivity contribution >= 4 is 0 Å². The largest absolute Gasteiger partial charge is 0.631 e. The van der Waals surface area contributed by atoms with Gasteiger partial charge in [0.25, 0.3) is 0 Å². The summed E-state index contributed by atoms with van der Waals surface area (Å²) >= 11 is 0. The van der Waals surface area contributed by atoms with Crippen LogP contribution >= 0.6 is 0 Å². The van der Waals surface area contributed by atoms with Gasteiger partial charge in [-0.05, 0) is 30.5 Å². The van der Waals surface area contributed by atoms with Crippen LogP contribution in [0.3, 0.4) is 0 Å². The zero-order chi connectivity index (χ0) is 15.2. The van der Waals surface area contributed by atoms with Gasteiger partial charge >= 0.3 is 6.18 Å². The Bertz CT molecular complexity index is 480. The zero-order valence-corrected chi connectivity index (χ0v) is 11.4. The maximum atomic E-state index is 12.5. The molecule has 2 rings (SSSR count). The summed E-state index contributed by atoms with van der Waals surface area (Å²) in [6, 6.07) is 4.70. The minimum Gasteiger partial charge on any atom is -0.631 e. The van der Waals surface area contributed by atoms with Crippen LogP contribution in [-0.2, 0) is 6.18 Å². The fourth-order valence-electron chi connectivity index (χ4n) is 2.81. The predicted octanol–water partition coefficient (Wildman–Crippen LogP) is 3.24. The van der Waals surface area contributed by atoms with E-state index in [0.29, 0.717) is 24.9 Å².